The number of carbonyl (C=O) groups is 1. The Kier molecular flexibility index (Phi) is 3.80. The molecule has 0 aliphatic rings. The third kappa shape index (κ3) is 2.91. The van der Waals surface area contributed by atoms with Crippen LogP contribution in [0.3, 0.4) is 0 Å². The van der Waals surface area contributed by atoms with Gasteiger partial charge in [0, 0.05) is 12.2 Å². The van der Waals surface area contributed by atoms with Crippen LogP contribution in [0.15, 0.2) is 42.6 Å². The third-order valence-electron chi connectivity index (χ3n) is 2.88. The zero-order valence-corrected chi connectivity index (χ0v) is 11.1. The van der Waals surface area contributed by atoms with E-state index < -0.39 is 0 Å². The number of aryl methyl sites for hydroxylation is 1. The van der Waals surface area contributed by atoms with Crippen LogP contribution in [0.4, 0.5) is 11.4 Å². The van der Waals surface area contributed by atoms with E-state index in [0.29, 0.717) is 17.9 Å². The first-order chi connectivity index (χ1) is 9.11. The Balaban J connectivity index is 2.31. The van der Waals surface area contributed by atoms with Crippen LogP contribution in [0.5, 0.6) is 0 Å². The van der Waals surface area contributed by atoms with E-state index in [1.165, 1.54) is 6.20 Å². The molecule has 0 bridgehead atoms. The fourth-order valence-electron chi connectivity index (χ4n) is 1.91. The second kappa shape index (κ2) is 5.52. The highest BCUT2D eigenvalue weighted by atomic mass is 16.2. The van der Waals surface area contributed by atoms with Gasteiger partial charge < -0.3 is 10.6 Å². The van der Waals surface area contributed by atoms with Crippen LogP contribution in [0.2, 0.25) is 0 Å². The number of nitrogen functional groups attached to an aromatic ring is 1. The van der Waals surface area contributed by atoms with Gasteiger partial charge in [-0.15, -0.1) is 0 Å². The smallest absolute Gasteiger partial charge is 0.276 e. The number of hydrogen-bond acceptors (Lipinski definition) is 3. The average molecular weight is 255 g/mol. The second-order valence-corrected chi connectivity index (χ2v) is 4.37. The lowest BCUT2D eigenvalue weighted by molar-refractivity contribution is 0.0983. The van der Waals surface area contributed by atoms with Gasteiger partial charge in [0.1, 0.15) is 5.69 Å². The minimum atomic E-state index is -0.117. The zero-order valence-electron chi connectivity index (χ0n) is 11.1. The van der Waals surface area contributed by atoms with Gasteiger partial charge in [0.25, 0.3) is 5.91 Å². The number of nitrogens with zero attached hydrogens (tertiary/aromatic N) is 2. The number of hydrogen-bond donors (Lipinski definition) is 1. The van der Waals surface area contributed by atoms with Gasteiger partial charge in [-0.05, 0) is 43.7 Å². The molecule has 0 radical (unpaired) electrons. The highest BCUT2D eigenvalue weighted by Gasteiger charge is 2.17. The molecule has 1 heterocycles. The van der Waals surface area contributed by atoms with Crippen LogP contribution in [0, 0.1) is 6.92 Å². The number of nitrogens with two attached hydrogens (primary N) is 1. The van der Waals surface area contributed by atoms with E-state index in [0.717, 1.165) is 11.3 Å². The van der Waals surface area contributed by atoms with Gasteiger partial charge in [0.05, 0.1) is 11.9 Å². The minimum Gasteiger partial charge on any atom is -0.397 e. The summed E-state index contributed by atoms with van der Waals surface area (Å²) in [7, 11) is 0. The average Bonchev–Trinajstić information content (AvgIpc) is 2.40. The number of aromatic nitrogens is 1. The summed E-state index contributed by atoms with van der Waals surface area (Å²) in [5, 5.41) is 0. The number of pyridine rings is 1. The van der Waals surface area contributed by atoms with Crippen LogP contribution in [0.25, 0.3) is 0 Å². The Morgan fingerprint density at radius 1 is 1.32 bits per heavy atom. The van der Waals surface area contributed by atoms with Gasteiger partial charge in [0.15, 0.2) is 0 Å². The van der Waals surface area contributed by atoms with E-state index in [-0.39, 0.29) is 5.91 Å². The van der Waals surface area contributed by atoms with Crippen LogP contribution in [-0.4, -0.2) is 17.4 Å². The van der Waals surface area contributed by atoms with Gasteiger partial charge in [-0.25, -0.2) is 4.98 Å². The van der Waals surface area contributed by atoms with Gasteiger partial charge in [-0.2, -0.15) is 0 Å². The molecule has 1 amide bonds. The Hall–Kier alpha value is -2.36. The van der Waals surface area contributed by atoms with E-state index in [2.05, 4.69) is 4.98 Å². The summed E-state index contributed by atoms with van der Waals surface area (Å²) in [6.07, 6.45) is 1.50. The molecular formula is C15H17N3O. The van der Waals surface area contributed by atoms with E-state index in [1.54, 1.807) is 17.0 Å². The largest absolute Gasteiger partial charge is 0.397 e. The normalized spacial score (nSPS) is 10.2. The zero-order chi connectivity index (χ0) is 13.8. The predicted molar refractivity (Wildman–Crippen MR) is 77.2 cm³/mol. The Labute approximate surface area is 112 Å². The Bertz CT molecular complexity index is 578. The molecule has 0 aliphatic heterocycles. The van der Waals surface area contributed by atoms with E-state index in [9.17, 15) is 4.79 Å². The standard InChI is InChI=1S/C15H17N3O/c1-3-18(13-6-4-5-11(2)9-13)15(19)14-8-7-12(16)10-17-14/h4-10H,3,16H2,1-2H3. The quantitative estimate of drug-likeness (QED) is 0.917. The minimum absolute atomic E-state index is 0.117. The molecule has 98 valence electrons. The molecular weight excluding hydrogens is 238 g/mol. The first-order valence-corrected chi connectivity index (χ1v) is 6.22. The molecule has 2 rings (SSSR count). The molecule has 19 heavy (non-hydrogen) atoms. The topological polar surface area (TPSA) is 59.2 Å². The van der Waals surface area contributed by atoms with Crippen molar-refractivity contribution in [3.05, 3.63) is 53.9 Å². The Morgan fingerprint density at radius 2 is 2.11 bits per heavy atom. The number of amides is 1. The van der Waals surface area contributed by atoms with Crippen molar-refractivity contribution < 1.29 is 4.79 Å². The number of anilines is 2. The molecule has 0 unspecified atom stereocenters. The van der Waals surface area contributed by atoms with Crippen LogP contribution in [0.1, 0.15) is 23.0 Å². The molecule has 0 fully saturated rings. The summed E-state index contributed by atoms with van der Waals surface area (Å²) in [5.74, 6) is -0.117. The van der Waals surface area contributed by atoms with Gasteiger partial charge in [-0.3, -0.25) is 4.79 Å². The van der Waals surface area contributed by atoms with Crippen molar-refractivity contribution >= 4 is 17.3 Å². The van der Waals surface area contributed by atoms with Crippen molar-refractivity contribution in [2.75, 3.05) is 17.2 Å². The predicted octanol–water partition coefficient (Wildman–Crippen LogP) is 2.64. The van der Waals surface area contributed by atoms with Crippen molar-refractivity contribution in [1.29, 1.82) is 0 Å². The number of benzene rings is 1. The summed E-state index contributed by atoms with van der Waals surface area (Å²) in [5.41, 5.74) is 8.53. The second-order valence-electron chi connectivity index (χ2n) is 4.37. The third-order valence-corrected chi connectivity index (χ3v) is 2.88. The maximum Gasteiger partial charge on any atom is 0.276 e. The van der Waals surface area contributed by atoms with Crippen LogP contribution >= 0.6 is 0 Å². The maximum absolute atomic E-state index is 12.4. The van der Waals surface area contributed by atoms with Crippen molar-refractivity contribution in [2.45, 2.75) is 13.8 Å². The lowest BCUT2D eigenvalue weighted by Gasteiger charge is -2.21. The maximum atomic E-state index is 12.4. The summed E-state index contributed by atoms with van der Waals surface area (Å²) in [6, 6.07) is 11.2. The molecule has 4 nitrogen and oxygen atoms in total. The molecule has 2 aromatic rings. The molecule has 0 saturated heterocycles. The molecule has 1 aromatic carbocycles. The van der Waals surface area contributed by atoms with Crippen LogP contribution in [-0.2, 0) is 0 Å². The molecule has 2 N–H and O–H groups in total. The van der Waals surface area contributed by atoms with Crippen molar-refractivity contribution in [1.82, 2.24) is 4.98 Å². The number of carbonyl (C=O) groups excluding carboxylic acids is 1. The SMILES string of the molecule is CCN(C(=O)c1ccc(N)cn1)c1cccc(C)c1. The molecule has 0 atom stereocenters. The summed E-state index contributed by atoms with van der Waals surface area (Å²) in [6.45, 7) is 4.54. The fourth-order valence-corrected chi connectivity index (χ4v) is 1.91. The lowest BCUT2D eigenvalue weighted by atomic mass is 10.2. The van der Waals surface area contributed by atoms with Crippen molar-refractivity contribution in [3.63, 3.8) is 0 Å². The van der Waals surface area contributed by atoms with Gasteiger partial charge >= 0.3 is 0 Å². The number of rotatable bonds is 3. The first-order valence-electron chi connectivity index (χ1n) is 6.22. The highest BCUT2D eigenvalue weighted by Crippen LogP contribution is 2.18. The molecule has 0 saturated carbocycles. The summed E-state index contributed by atoms with van der Waals surface area (Å²) >= 11 is 0. The highest BCUT2D eigenvalue weighted by molar-refractivity contribution is 6.04. The summed E-state index contributed by atoms with van der Waals surface area (Å²) in [4.78, 5) is 18.2. The van der Waals surface area contributed by atoms with E-state index in [4.69, 9.17) is 5.73 Å². The molecule has 1 aromatic heterocycles. The Morgan fingerprint density at radius 3 is 2.68 bits per heavy atom. The van der Waals surface area contributed by atoms with Gasteiger partial charge in [0.2, 0.25) is 0 Å². The monoisotopic (exact) mass is 255 g/mol. The van der Waals surface area contributed by atoms with Crippen molar-refractivity contribution in [2.24, 2.45) is 0 Å². The van der Waals surface area contributed by atoms with Gasteiger partial charge in [-0.1, -0.05) is 12.1 Å². The lowest BCUT2D eigenvalue weighted by Crippen LogP contribution is -2.31. The molecule has 4 heteroatoms. The fraction of sp³-hybridized carbons (Fsp3) is 0.200. The molecule has 0 spiro atoms. The van der Waals surface area contributed by atoms with E-state index >= 15 is 0 Å². The van der Waals surface area contributed by atoms with Crippen molar-refractivity contribution in [3.8, 4) is 0 Å². The molecule has 0 aliphatic carbocycles. The summed E-state index contributed by atoms with van der Waals surface area (Å²) < 4.78 is 0. The van der Waals surface area contributed by atoms with Crippen LogP contribution < -0.4 is 10.6 Å². The van der Waals surface area contributed by atoms with E-state index in [1.807, 2.05) is 38.1 Å². The first kappa shape index (κ1) is 13.1.